The molecule has 7 heteroatoms. The lowest BCUT2D eigenvalue weighted by atomic mass is 10.1. The highest BCUT2D eigenvalue weighted by Crippen LogP contribution is 2.27. The second-order valence-corrected chi connectivity index (χ2v) is 8.17. The first-order chi connectivity index (χ1) is 11.9. The number of carboxylic acids is 1. The molecule has 0 saturated carbocycles. The fourth-order valence-electron chi connectivity index (χ4n) is 2.50. The molecule has 0 spiro atoms. The summed E-state index contributed by atoms with van der Waals surface area (Å²) in [7, 11) is -4.02. The molecule has 0 aliphatic carbocycles. The van der Waals surface area contributed by atoms with Crippen LogP contribution in [0.15, 0.2) is 76.1 Å². The van der Waals surface area contributed by atoms with Gasteiger partial charge < -0.3 is 5.11 Å². The summed E-state index contributed by atoms with van der Waals surface area (Å²) < 4.78 is 27.8. The summed E-state index contributed by atoms with van der Waals surface area (Å²) in [6.45, 7) is -0.656. The molecule has 0 aliphatic heterocycles. The summed E-state index contributed by atoms with van der Waals surface area (Å²) in [5.74, 6) is -1.23. The van der Waals surface area contributed by atoms with Crippen molar-refractivity contribution in [2.75, 3.05) is 10.8 Å². The van der Waals surface area contributed by atoms with E-state index in [-0.39, 0.29) is 4.90 Å². The van der Waals surface area contributed by atoms with Crippen LogP contribution in [0.2, 0.25) is 0 Å². The van der Waals surface area contributed by atoms with Gasteiger partial charge in [0.2, 0.25) is 0 Å². The smallest absolute Gasteiger partial charge is 0.324 e. The Morgan fingerprint density at radius 3 is 2.24 bits per heavy atom. The van der Waals surface area contributed by atoms with E-state index in [0.29, 0.717) is 5.69 Å². The van der Waals surface area contributed by atoms with Crippen LogP contribution >= 0.6 is 15.9 Å². The molecular formula is C18H14BrNO4S. The van der Waals surface area contributed by atoms with E-state index in [4.69, 9.17) is 5.11 Å². The summed E-state index contributed by atoms with van der Waals surface area (Å²) in [6, 6.07) is 18.6. The van der Waals surface area contributed by atoms with Crippen molar-refractivity contribution in [3.63, 3.8) is 0 Å². The Kier molecular flexibility index (Phi) is 4.78. The van der Waals surface area contributed by atoms with Gasteiger partial charge in [-0.05, 0) is 47.2 Å². The molecule has 0 atom stereocenters. The molecule has 0 heterocycles. The molecule has 0 unspecified atom stereocenters. The standard InChI is InChI=1S/C18H14BrNO4S/c19-15-6-8-16(9-7-15)20(12-18(21)22)25(23,24)17-10-5-13-3-1-2-4-14(13)11-17/h1-11H,12H2,(H,21,22). The Morgan fingerprint density at radius 2 is 1.60 bits per heavy atom. The largest absolute Gasteiger partial charge is 0.480 e. The van der Waals surface area contributed by atoms with Crippen molar-refractivity contribution >= 4 is 48.4 Å². The number of hydrogen-bond acceptors (Lipinski definition) is 3. The van der Waals surface area contributed by atoms with Gasteiger partial charge in [0.15, 0.2) is 0 Å². The number of rotatable bonds is 5. The first-order valence-electron chi connectivity index (χ1n) is 7.37. The zero-order valence-corrected chi connectivity index (χ0v) is 15.4. The number of nitrogens with zero attached hydrogens (tertiary/aromatic N) is 1. The summed E-state index contributed by atoms with van der Waals surface area (Å²) in [4.78, 5) is 11.3. The second kappa shape index (κ2) is 6.85. The van der Waals surface area contributed by atoms with E-state index >= 15 is 0 Å². The van der Waals surface area contributed by atoms with Crippen LogP contribution < -0.4 is 4.31 Å². The first-order valence-corrected chi connectivity index (χ1v) is 9.60. The van der Waals surface area contributed by atoms with Gasteiger partial charge in [-0.2, -0.15) is 0 Å². The van der Waals surface area contributed by atoms with E-state index in [2.05, 4.69) is 15.9 Å². The minimum atomic E-state index is -4.02. The maximum Gasteiger partial charge on any atom is 0.324 e. The summed E-state index contributed by atoms with van der Waals surface area (Å²) in [5, 5.41) is 10.9. The quantitative estimate of drug-likeness (QED) is 0.680. The van der Waals surface area contributed by atoms with Crippen molar-refractivity contribution in [1.82, 2.24) is 0 Å². The first kappa shape index (κ1) is 17.4. The fraction of sp³-hybridized carbons (Fsp3) is 0.0556. The zero-order valence-electron chi connectivity index (χ0n) is 13.0. The summed E-state index contributed by atoms with van der Waals surface area (Å²) in [5.41, 5.74) is 0.291. The molecule has 5 nitrogen and oxygen atoms in total. The van der Waals surface area contributed by atoms with E-state index in [1.807, 2.05) is 24.3 Å². The highest BCUT2D eigenvalue weighted by Gasteiger charge is 2.27. The van der Waals surface area contributed by atoms with E-state index < -0.39 is 22.5 Å². The molecule has 0 fully saturated rings. The maximum atomic E-state index is 13.0. The monoisotopic (exact) mass is 419 g/mol. The van der Waals surface area contributed by atoms with Crippen LogP contribution in [0.3, 0.4) is 0 Å². The third-order valence-electron chi connectivity index (χ3n) is 3.70. The van der Waals surface area contributed by atoms with Gasteiger partial charge in [-0.1, -0.05) is 46.3 Å². The normalized spacial score (nSPS) is 11.4. The zero-order chi connectivity index (χ0) is 18.0. The molecule has 0 radical (unpaired) electrons. The number of sulfonamides is 1. The van der Waals surface area contributed by atoms with Gasteiger partial charge >= 0.3 is 5.97 Å². The number of hydrogen-bond donors (Lipinski definition) is 1. The number of benzene rings is 3. The van der Waals surface area contributed by atoms with E-state index in [9.17, 15) is 13.2 Å². The van der Waals surface area contributed by atoms with Crippen molar-refractivity contribution in [2.24, 2.45) is 0 Å². The van der Waals surface area contributed by atoms with E-state index in [1.54, 1.807) is 36.4 Å². The van der Waals surface area contributed by atoms with Crippen molar-refractivity contribution in [3.05, 3.63) is 71.2 Å². The lowest BCUT2D eigenvalue weighted by Gasteiger charge is -2.23. The minimum absolute atomic E-state index is 0.0513. The van der Waals surface area contributed by atoms with Gasteiger partial charge in [0.25, 0.3) is 10.0 Å². The van der Waals surface area contributed by atoms with Crippen LogP contribution in [0.4, 0.5) is 5.69 Å². The molecule has 0 aromatic heterocycles. The Labute approximate surface area is 153 Å². The highest BCUT2D eigenvalue weighted by molar-refractivity contribution is 9.10. The molecule has 0 saturated heterocycles. The molecular weight excluding hydrogens is 406 g/mol. The predicted molar refractivity (Wildman–Crippen MR) is 100 cm³/mol. The van der Waals surface area contributed by atoms with E-state index in [1.165, 1.54) is 6.07 Å². The Hall–Kier alpha value is -2.38. The number of carboxylic acid groups (broad SMARTS) is 1. The van der Waals surface area contributed by atoms with Gasteiger partial charge in [-0.25, -0.2) is 8.42 Å². The highest BCUT2D eigenvalue weighted by atomic mass is 79.9. The molecule has 0 amide bonds. The molecule has 128 valence electrons. The molecule has 1 N–H and O–H groups in total. The van der Waals surface area contributed by atoms with Gasteiger partial charge in [0.1, 0.15) is 6.54 Å². The second-order valence-electron chi connectivity index (χ2n) is 5.39. The Morgan fingerprint density at radius 1 is 0.960 bits per heavy atom. The number of aliphatic carboxylic acids is 1. The maximum absolute atomic E-state index is 13.0. The molecule has 0 bridgehead atoms. The van der Waals surface area contributed by atoms with Gasteiger partial charge in [0.05, 0.1) is 10.6 Å². The minimum Gasteiger partial charge on any atom is -0.480 e. The summed E-state index contributed by atoms with van der Waals surface area (Å²) >= 11 is 3.28. The van der Waals surface area contributed by atoms with E-state index in [0.717, 1.165) is 19.6 Å². The van der Waals surface area contributed by atoms with Crippen LogP contribution in [0.1, 0.15) is 0 Å². The van der Waals surface area contributed by atoms with Gasteiger partial charge in [-0.3, -0.25) is 9.10 Å². The van der Waals surface area contributed by atoms with Crippen molar-refractivity contribution in [3.8, 4) is 0 Å². The van der Waals surface area contributed by atoms with Crippen LogP contribution in [0.25, 0.3) is 10.8 Å². The SMILES string of the molecule is O=C(O)CN(c1ccc(Br)cc1)S(=O)(=O)c1ccc2ccccc2c1. The number of fused-ring (bicyclic) bond motifs is 1. The average molecular weight is 420 g/mol. The summed E-state index contributed by atoms with van der Waals surface area (Å²) in [6.07, 6.45) is 0. The average Bonchev–Trinajstić information content (AvgIpc) is 2.60. The lowest BCUT2D eigenvalue weighted by Crippen LogP contribution is -2.35. The molecule has 3 aromatic carbocycles. The number of anilines is 1. The van der Waals surface area contributed by atoms with Crippen molar-refractivity contribution < 1.29 is 18.3 Å². The molecule has 3 aromatic rings. The van der Waals surface area contributed by atoms with Gasteiger partial charge in [-0.15, -0.1) is 0 Å². The topological polar surface area (TPSA) is 74.7 Å². The lowest BCUT2D eigenvalue weighted by molar-refractivity contribution is -0.135. The van der Waals surface area contributed by atoms with Crippen LogP contribution in [-0.4, -0.2) is 26.0 Å². The fourth-order valence-corrected chi connectivity index (χ4v) is 4.21. The van der Waals surface area contributed by atoms with Crippen LogP contribution in [-0.2, 0) is 14.8 Å². The third-order valence-corrected chi connectivity index (χ3v) is 6.00. The molecule has 0 aliphatic rings. The van der Waals surface area contributed by atoms with Crippen molar-refractivity contribution in [1.29, 1.82) is 0 Å². The van der Waals surface area contributed by atoms with Crippen LogP contribution in [0.5, 0.6) is 0 Å². The Bertz CT molecular complexity index is 1030. The van der Waals surface area contributed by atoms with Gasteiger partial charge in [0, 0.05) is 4.47 Å². The molecule has 25 heavy (non-hydrogen) atoms. The number of halogens is 1. The predicted octanol–water partition coefficient (Wildman–Crippen LogP) is 3.88. The molecule has 3 rings (SSSR count). The Balaban J connectivity index is 2.11. The van der Waals surface area contributed by atoms with Crippen LogP contribution in [0, 0.1) is 0 Å². The number of carbonyl (C=O) groups is 1. The third kappa shape index (κ3) is 3.67. The van der Waals surface area contributed by atoms with Crippen molar-refractivity contribution in [2.45, 2.75) is 4.90 Å².